The van der Waals surface area contributed by atoms with Gasteiger partial charge < -0.3 is 14.4 Å². The van der Waals surface area contributed by atoms with Crippen molar-refractivity contribution in [1.29, 1.82) is 0 Å². The maximum absolute atomic E-state index is 12.2. The van der Waals surface area contributed by atoms with Gasteiger partial charge in [-0.15, -0.1) is 0 Å². The van der Waals surface area contributed by atoms with E-state index in [1.807, 2.05) is 13.8 Å². The first-order valence-corrected chi connectivity index (χ1v) is 6.12. The van der Waals surface area contributed by atoms with E-state index >= 15 is 0 Å². The molecule has 0 atom stereocenters. The van der Waals surface area contributed by atoms with E-state index in [4.69, 9.17) is 9.52 Å². The van der Waals surface area contributed by atoms with Gasteiger partial charge in [-0.1, -0.05) is 13.8 Å². The lowest BCUT2D eigenvalue weighted by Gasteiger charge is -2.23. The molecule has 0 unspecified atom stereocenters. The molecule has 0 bridgehead atoms. The fourth-order valence-electron chi connectivity index (χ4n) is 1.88. The first kappa shape index (κ1) is 12.7. The molecule has 0 aromatic carbocycles. The molecule has 0 saturated heterocycles. The molecule has 1 amide bonds. The van der Waals surface area contributed by atoms with E-state index in [1.165, 1.54) is 6.07 Å². The molecule has 1 aromatic rings. The highest BCUT2D eigenvalue weighted by Gasteiger charge is 2.34. The van der Waals surface area contributed by atoms with Gasteiger partial charge in [0, 0.05) is 18.7 Å². The van der Waals surface area contributed by atoms with Gasteiger partial charge in [-0.05, 0) is 18.8 Å². The summed E-state index contributed by atoms with van der Waals surface area (Å²) in [4.78, 5) is 24.8. The molecule has 1 aliphatic carbocycles. The molecule has 1 aromatic heterocycles. The summed E-state index contributed by atoms with van der Waals surface area (Å²) in [6.07, 6.45) is 3.14. The summed E-state index contributed by atoms with van der Waals surface area (Å²) < 4.78 is 5.06. The van der Waals surface area contributed by atoms with Gasteiger partial charge in [0.15, 0.2) is 5.76 Å². The fraction of sp³-hybridized carbons (Fsp3) is 0.538. The van der Waals surface area contributed by atoms with Crippen molar-refractivity contribution in [3.05, 3.63) is 23.7 Å². The zero-order valence-corrected chi connectivity index (χ0v) is 10.5. The third kappa shape index (κ3) is 2.72. The third-order valence-corrected chi connectivity index (χ3v) is 2.87. The van der Waals surface area contributed by atoms with Crippen molar-refractivity contribution in [2.45, 2.75) is 32.7 Å². The summed E-state index contributed by atoms with van der Waals surface area (Å²) in [5.74, 6) is -0.804. The van der Waals surface area contributed by atoms with Crippen molar-refractivity contribution in [3.63, 3.8) is 0 Å². The molecular formula is C13H17NO4. The van der Waals surface area contributed by atoms with Gasteiger partial charge in [-0.2, -0.15) is 0 Å². The number of carboxylic acids is 1. The Hall–Kier alpha value is -1.78. The fourth-order valence-corrected chi connectivity index (χ4v) is 1.88. The standard InChI is InChI=1S/C13H17NO4/c1-8(2)6-14(10-3-4-10)12(15)11-5-9(7-18-11)13(16)17/h5,7-8,10H,3-4,6H2,1-2H3,(H,16,17). The molecule has 18 heavy (non-hydrogen) atoms. The molecule has 0 aliphatic heterocycles. The largest absolute Gasteiger partial charge is 0.478 e. The monoisotopic (exact) mass is 251 g/mol. The van der Waals surface area contributed by atoms with Gasteiger partial charge in [0.2, 0.25) is 0 Å². The molecule has 5 heteroatoms. The number of amides is 1. The van der Waals surface area contributed by atoms with Gasteiger partial charge in [0.1, 0.15) is 6.26 Å². The number of carbonyl (C=O) groups excluding carboxylic acids is 1. The van der Waals surface area contributed by atoms with Crippen LogP contribution < -0.4 is 0 Å². The van der Waals surface area contributed by atoms with Crippen LogP contribution in [0.5, 0.6) is 0 Å². The summed E-state index contributed by atoms with van der Waals surface area (Å²) in [5.41, 5.74) is 0.0126. The molecule has 0 spiro atoms. The minimum absolute atomic E-state index is 0.0126. The van der Waals surface area contributed by atoms with E-state index < -0.39 is 5.97 Å². The van der Waals surface area contributed by atoms with Crippen LogP contribution in [-0.4, -0.2) is 34.5 Å². The topological polar surface area (TPSA) is 70.8 Å². The van der Waals surface area contributed by atoms with Crippen molar-refractivity contribution in [3.8, 4) is 0 Å². The van der Waals surface area contributed by atoms with Gasteiger partial charge >= 0.3 is 5.97 Å². The van der Waals surface area contributed by atoms with E-state index in [9.17, 15) is 9.59 Å². The zero-order valence-electron chi connectivity index (χ0n) is 10.5. The van der Waals surface area contributed by atoms with Crippen LogP contribution in [0.3, 0.4) is 0 Å². The molecule has 1 aliphatic rings. The second kappa shape index (κ2) is 4.84. The quantitative estimate of drug-likeness (QED) is 0.871. The number of carboxylic acid groups (broad SMARTS) is 1. The van der Waals surface area contributed by atoms with Crippen LogP contribution in [-0.2, 0) is 0 Å². The van der Waals surface area contributed by atoms with Gasteiger partial charge in [0.25, 0.3) is 5.91 Å². The summed E-state index contributed by atoms with van der Waals surface area (Å²) in [7, 11) is 0. The Morgan fingerprint density at radius 2 is 2.17 bits per heavy atom. The Kier molecular flexibility index (Phi) is 3.41. The average molecular weight is 251 g/mol. The highest BCUT2D eigenvalue weighted by atomic mass is 16.4. The number of furan rings is 1. The minimum atomic E-state index is -1.08. The van der Waals surface area contributed by atoms with E-state index in [-0.39, 0.29) is 17.2 Å². The predicted molar refractivity (Wildman–Crippen MR) is 64.6 cm³/mol. The van der Waals surface area contributed by atoms with Crippen molar-refractivity contribution in [2.75, 3.05) is 6.54 Å². The van der Waals surface area contributed by atoms with E-state index in [0.717, 1.165) is 19.1 Å². The zero-order chi connectivity index (χ0) is 13.3. The molecule has 1 fully saturated rings. The number of hydrogen-bond acceptors (Lipinski definition) is 3. The molecule has 1 heterocycles. The maximum Gasteiger partial charge on any atom is 0.338 e. The Morgan fingerprint density at radius 3 is 2.61 bits per heavy atom. The third-order valence-electron chi connectivity index (χ3n) is 2.87. The van der Waals surface area contributed by atoms with E-state index in [0.29, 0.717) is 18.5 Å². The molecule has 0 radical (unpaired) electrons. The lowest BCUT2D eigenvalue weighted by atomic mass is 10.2. The van der Waals surface area contributed by atoms with Crippen molar-refractivity contribution in [2.24, 2.45) is 5.92 Å². The normalized spacial score (nSPS) is 14.8. The van der Waals surface area contributed by atoms with Crippen LogP contribution in [0, 0.1) is 5.92 Å². The highest BCUT2D eigenvalue weighted by molar-refractivity contribution is 5.95. The molecular weight excluding hydrogens is 234 g/mol. The van der Waals surface area contributed by atoms with Crippen LogP contribution in [0.15, 0.2) is 16.7 Å². The summed E-state index contributed by atoms with van der Waals surface area (Å²) in [6.45, 7) is 4.77. The Bertz CT molecular complexity index is 459. The first-order valence-electron chi connectivity index (χ1n) is 6.12. The SMILES string of the molecule is CC(C)CN(C(=O)c1cc(C(=O)O)co1)C1CC1. The summed E-state index contributed by atoms with van der Waals surface area (Å²) in [5, 5.41) is 8.80. The average Bonchev–Trinajstić information content (AvgIpc) is 3.00. The number of aromatic carboxylic acids is 1. The second-order valence-electron chi connectivity index (χ2n) is 5.09. The minimum Gasteiger partial charge on any atom is -0.478 e. The molecule has 5 nitrogen and oxygen atoms in total. The van der Waals surface area contributed by atoms with Crippen molar-refractivity contribution >= 4 is 11.9 Å². The highest BCUT2D eigenvalue weighted by Crippen LogP contribution is 2.29. The molecule has 2 rings (SSSR count). The lowest BCUT2D eigenvalue weighted by molar-refractivity contribution is 0.0684. The number of rotatable bonds is 5. The second-order valence-corrected chi connectivity index (χ2v) is 5.09. The van der Waals surface area contributed by atoms with Gasteiger partial charge in [0.05, 0.1) is 5.56 Å². The van der Waals surface area contributed by atoms with Crippen LogP contribution in [0.1, 0.15) is 47.6 Å². The van der Waals surface area contributed by atoms with Crippen molar-refractivity contribution in [1.82, 2.24) is 4.90 Å². The van der Waals surface area contributed by atoms with Crippen molar-refractivity contribution < 1.29 is 19.1 Å². The predicted octanol–water partition coefficient (Wildman–Crippen LogP) is 2.24. The van der Waals surface area contributed by atoms with Crippen LogP contribution >= 0.6 is 0 Å². The number of hydrogen-bond donors (Lipinski definition) is 1. The van der Waals surface area contributed by atoms with E-state index in [1.54, 1.807) is 4.90 Å². The van der Waals surface area contributed by atoms with Crippen LogP contribution in [0.25, 0.3) is 0 Å². The van der Waals surface area contributed by atoms with Gasteiger partial charge in [-0.3, -0.25) is 4.79 Å². The Labute approximate surface area is 105 Å². The Morgan fingerprint density at radius 1 is 1.50 bits per heavy atom. The summed E-state index contributed by atoms with van der Waals surface area (Å²) >= 11 is 0. The van der Waals surface area contributed by atoms with E-state index in [2.05, 4.69) is 0 Å². The molecule has 98 valence electrons. The first-order chi connectivity index (χ1) is 8.49. The smallest absolute Gasteiger partial charge is 0.338 e. The maximum atomic E-state index is 12.2. The number of nitrogens with zero attached hydrogens (tertiary/aromatic N) is 1. The van der Waals surface area contributed by atoms with Crippen LogP contribution in [0.2, 0.25) is 0 Å². The Balaban J connectivity index is 2.14. The number of carbonyl (C=O) groups is 2. The molecule has 1 saturated carbocycles. The van der Waals surface area contributed by atoms with Crippen LogP contribution in [0.4, 0.5) is 0 Å². The van der Waals surface area contributed by atoms with Gasteiger partial charge in [-0.25, -0.2) is 4.79 Å². The molecule has 1 N–H and O–H groups in total. The lowest BCUT2D eigenvalue weighted by Crippen LogP contribution is -2.35. The summed E-state index contributed by atoms with van der Waals surface area (Å²) in [6, 6.07) is 1.58.